The van der Waals surface area contributed by atoms with E-state index >= 15 is 0 Å². The second kappa shape index (κ2) is 7.88. The van der Waals surface area contributed by atoms with Gasteiger partial charge in [-0.05, 0) is 11.5 Å². The van der Waals surface area contributed by atoms with E-state index < -0.39 is 31.0 Å². The van der Waals surface area contributed by atoms with Gasteiger partial charge < -0.3 is 21.1 Å². The summed E-state index contributed by atoms with van der Waals surface area (Å²) in [4.78, 5) is 34.3. The fraction of sp³-hybridized carbons (Fsp3) is 0.357. The first-order valence-corrected chi connectivity index (χ1v) is 6.48. The molecule has 0 bridgehead atoms. The van der Waals surface area contributed by atoms with Crippen LogP contribution in [0, 0.1) is 0 Å². The first kappa shape index (κ1) is 16.5. The summed E-state index contributed by atoms with van der Waals surface area (Å²) in [7, 11) is 0. The second-order valence-electron chi connectivity index (χ2n) is 4.71. The van der Waals surface area contributed by atoms with Crippen molar-refractivity contribution < 1.29 is 19.5 Å². The van der Waals surface area contributed by atoms with Crippen molar-refractivity contribution in [1.82, 2.24) is 10.2 Å². The van der Waals surface area contributed by atoms with Crippen molar-refractivity contribution in [2.75, 3.05) is 19.6 Å². The number of urea groups is 1. The fourth-order valence-corrected chi connectivity index (χ4v) is 1.80. The van der Waals surface area contributed by atoms with E-state index in [0.717, 1.165) is 10.5 Å². The Kier molecular flexibility index (Phi) is 6.19. The van der Waals surface area contributed by atoms with Crippen LogP contribution in [0.2, 0.25) is 0 Å². The highest BCUT2D eigenvalue weighted by atomic mass is 16.4. The number of carbonyl (C=O) groups excluding carboxylic acids is 2. The predicted octanol–water partition coefficient (Wildman–Crippen LogP) is 0.372. The van der Waals surface area contributed by atoms with Gasteiger partial charge in [0.25, 0.3) is 0 Å². The van der Waals surface area contributed by atoms with Crippen molar-refractivity contribution in [3.05, 3.63) is 35.9 Å². The van der Waals surface area contributed by atoms with Crippen molar-refractivity contribution in [1.29, 1.82) is 0 Å². The Morgan fingerprint density at radius 1 is 1.24 bits per heavy atom. The molecular weight excluding hydrogens is 274 g/mol. The van der Waals surface area contributed by atoms with Gasteiger partial charge >= 0.3 is 12.0 Å². The number of hydrogen-bond acceptors (Lipinski definition) is 3. The molecule has 0 saturated carbocycles. The largest absolute Gasteiger partial charge is 0.480 e. The van der Waals surface area contributed by atoms with Gasteiger partial charge in [-0.3, -0.25) is 9.59 Å². The molecule has 7 heteroatoms. The van der Waals surface area contributed by atoms with E-state index in [2.05, 4.69) is 5.32 Å². The molecule has 1 unspecified atom stereocenters. The van der Waals surface area contributed by atoms with Crippen LogP contribution in [0.15, 0.2) is 30.3 Å². The van der Waals surface area contributed by atoms with Crippen molar-refractivity contribution in [3.8, 4) is 0 Å². The average Bonchev–Trinajstić information content (AvgIpc) is 2.43. The number of carbonyl (C=O) groups is 3. The molecule has 3 amide bonds. The molecule has 1 rings (SSSR count). The summed E-state index contributed by atoms with van der Waals surface area (Å²) in [6.07, 6.45) is 0. The Morgan fingerprint density at radius 3 is 2.38 bits per heavy atom. The number of amides is 3. The molecule has 0 spiro atoms. The van der Waals surface area contributed by atoms with Gasteiger partial charge in [0, 0.05) is 6.54 Å². The van der Waals surface area contributed by atoms with Crippen LogP contribution in [0.1, 0.15) is 18.4 Å². The van der Waals surface area contributed by atoms with Gasteiger partial charge in [0.05, 0.1) is 0 Å². The Hall–Kier alpha value is -2.57. The van der Waals surface area contributed by atoms with Crippen LogP contribution in [0.3, 0.4) is 0 Å². The van der Waals surface area contributed by atoms with E-state index in [9.17, 15) is 14.4 Å². The van der Waals surface area contributed by atoms with E-state index in [1.807, 2.05) is 37.3 Å². The average molecular weight is 293 g/mol. The quantitative estimate of drug-likeness (QED) is 0.674. The highest BCUT2D eigenvalue weighted by molar-refractivity contribution is 5.85. The molecule has 0 radical (unpaired) electrons. The van der Waals surface area contributed by atoms with Crippen molar-refractivity contribution >= 4 is 17.9 Å². The lowest BCUT2D eigenvalue weighted by atomic mass is 10.0. The maximum absolute atomic E-state index is 11.9. The Bertz CT molecular complexity index is 488. The fourth-order valence-electron chi connectivity index (χ4n) is 1.80. The number of nitrogens with one attached hydrogen (secondary N) is 1. The normalized spacial score (nSPS) is 11.5. The summed E-state index contributed by atoms with van der Waals surface area (Å²) >= 11 is 0. The molecule has 1 aromatic carbocycles. The minimum atomic E-state index is -1.21. The molecule has 0 aliphatic carbocycles. The van der Waals surface area contributed by atoms with Crippen LogP contribution < -0.4 is 11.1 Å². The van der Waals surface area contributed by atoms with Crippen molar-refractivity contribution in [3.63, 3.8) is 0 Å². The lowest BCUT2D eigenvalue weighted by Gasteiger charge is -2.21. The van der Waals surface area contributed by atoms with Crippen LogP contribution in [-0.2, 0) is 9.59 Å². The van der Waals surface area contributed by atoms with Gasteiger partial charge in [0.2, 0.25) is 5.91 Å². The number of aliphatic carboxylic acids is 1. The van der Waals surface area contributed by atoms with E-state index in [0.29, 0.717) is 6.54 Å². The zero-order valence-corrected chi connectivity index (χ0v) is 11.8. The van der Waals surface area contributed by atoms with E-state index in [4.69, 9.17) is 10.8 Å². The molecule has 0 saturated heterocycles. The molecule has 0 aromatic heterocycles. The van der Waals surface area contributed by atoms with Crippen LogP contribution in [0.5, 0.6) is 0 Å². The van der Waals surface area contributed by atoms with Gasteiger partial charge in [-0.1, -0.05) is 37.3 Å². The minimum Gasteiger partial charge on any atom is -0.480 e. The first-order valence-electron chi connectivity index (χ1n) is 6.48. The highest BCUT2D eigenvalue weighted by Crippen LogP contribution is 2.13. The summed E-state index contributed by atoms with van der Waals surface area (Å²) in [5.74, 6) is -1.90. The second-order valence-corrected chi connectivity index (χ2v) is 4.71. The monoisotopic (exact) mass is 293 g/mol. The SMILES string of the molecule is CC(CNC(=O)N(CC(N)=O)CC(=O)O)c1ccccc1. The lowest BCUT2D eigenvalue weighted by molar-refractivity contribution is -0.137. The topological polar surface area (TPSA) is 113 Å². The standard InChI is InChI=1S/C14H19N3O4/c1-10(11-5-3-2-4-6-11)7-16-14(21)17(8-12(15)18)9-13(19)20/h2-6,10H,7-9H2,1H3,(H2,15,18)(H,16,21)(H,19,20). The molecule has 1 aromatic rings. The number of nitrogens with two attached hydrogens (primary N) is 1. The van der Waals surface area contributed by atoms with Crippen molar-refractivity contribution in [2.24, 2.45) is 5.73 Å². The smallest absolute Gasteiger partial charge is 0.323 e. The van der Waals surface area contributed by atoms with Gasteiger partial charge in [-0.2, -0.15) is 0 Å². The van der Waals surface area contributed by atoms with Crippen LogP contribution in [0.4, 0.5) is 4.79 Å². The van der Waals surface area contributed by atoms with Crippen LogP contribution >= 0.6 is 0 Å². The molecule has 0 aliphatic rings. The molecule has 0 heterocycles. The molecule has 0 aliphatic heterocycles. The predicted molar refractivity (Wildman–Crippen MR) is 76.7 cm³/mol. The van der Waals surface area contributed by atoms with Gasteiger partial charge in [-0.25, -0.2) is 4.79 Å². The van der Waals surface area contributed by atoms with Crippen molar-refractivity contribution in [2.45, 2.75) is 12.8 Å². The molecule has 0 fully saturated rings. The third-order valence-corrected chi connectivity index (χ3v) is 2.89. The summed E-state index contributed by atoms with van der Waals surface area (Å²) in [5.41, 5.74) is 6.05. The molecule has 1 atom stereocenters. The number of nitrogens with zero attached hydrogens (tertiary/aromatic N) is 1. The molecule has 114 valence electrons. The number of carboxylic acid groups (broad SMARTS) is 1. The molecule has 4 N–H and O–H groups in total. The summed E-state index contributed by atoms with van der Waals surface area (Å²) in [6.45, 7) is 1.26. The number of hydrogen-bond donors (Lipinski definition) is 3. The molecule has 21 heavy (non-hydrogen) atoms. The van der Waals surface area contributed by atoms with E-state index in [-0.39, 0.29) is 5.92 Å². The van der Waals surface area contributed by atoms with E-state index in [1.54, 1.807) is 0 Å². The van der Waals surface area contributed by atoms with Gasteiger partial charge in [-0.15, -0.1) is 0 Å². The molecular formula is C14H19N3O4. The Labute approximate surface area is 122 Å². The number of carboxylic acids is 1. The maximum atomic E-state index is 11.9. The van der Waals surface area contributed by atoms with Crippen LogP contribution in [0.25, 0.3) is 0 Å². The van der Waals surface area contributed by atoms with Crippen LogP contribution in [-0.4, -0.2) is 47.5 Å². The number of rotatable bonds is 7. The number of primary amides is 1. The zero-order valence-electron chi connectivity index (χ0n) is 11.8. The van der Waals surface area contributed by atoms with E-state index in [1.165, 1.54) is 0 Å². The highest BCUT2D eigenvalue weighted by Gasteiger charge is 2.19. The third-order valence-electron chi connectivity index (χ3n) is 2.89. The first-order chi connectivity index (χ1) is 9.90. The van der Waals surface area contributed by atoms with Gasteiger partial charge in [0.1, 0.15) is 13.1 Å². The van der Waals surface area contributed by atoms with Gasteiger partial charge in [0.15, 0.2) is 0 Å². The molecule has 7 nitrogen and oxygen atoms in total. The zero-order chi connectivity index (χ0) is 15.8. The lowest BCUT2D eigenvalue weighted by Crippen LogP contribution is -2.47. The third kappa shape index (κ3) is 5.94. The minimum absolute atomic E-state index is 0.0652. The summed E-state index contributed by atoms with van der Waals surface area (Å²) < 4.78 is 0. The Morgan fingerprint density at radius 2 is 1.86 bits per heavy atom. The number of benzene rings is 1. The maximum Gasteiger partial charge on any atom is 0.323 e. The summed E-state index contributed by atoms with van der Waals surface area (Å²) in [5, 5.41) is 11.3. The summed E-state index contributed by atoms with van der Waals surface area (Å²) in [6, 6.07) is 8.95. The Balaban J connectivity index is 2.56.